The van der Waals surface area contributed by atoms with Gasteiger partial charge in [0.05, 0.1) is 14.2 Å². The number of thiophene rings is 1. The van der Waals surface area contributed by atoms with Crippen molar-refractivity contribution in [1.29, 1.82) is 0 Å². The number of benzene rings is 1. The Hall–Kier alpha value is -1.57. The summed E-state index contributed by atoms with van der Waals surface area (Å²) in [5.74, 6) is 1.28. The van der Waals surface area contributed by atoms with E-state index < -0.39 is 10.0 Å². The lowest BCUT2D eigenvalue weighted by atomic mass is 9.79. The van der Waals surface area contributed by atoms with Gasteiger partial charge in [-0.15, -0.1) is 11.3 Å². The van der Waals surface area contributed by atoms with Gasteiger partial charge >= 0.3 is 0 Å². The van der Waals surface area contributed by atoms with Gasteiger partial charge in [0.1, 0.15) is 4.21 Å². The number of ether oxygens (including phenoxy) is 2. The van der Waals surface area contributed by atoms with Crippen molar-refractivity contribution in [2.24, 2.45) is 0 Å². The van der Waals surface area contributed by atoms with Crippen LogP contribution >= 0.6 is 11.3 Å². The van der Waals surface area contributed by atoms with Crippen molar-refractivity contribution in [2.75, 3.05) is 20.8 Å². The lowest BCUT2D eigenvalue weighted by Crippen LogP contribution is -2.44. The maximum atomic E-state index is 13.2. The molecule has 1 aliphatic heterocycles. The van der Waals surface area contributed by atoms with Crippen LogP contribution < -0.4 is 9.47 Å². The number of fused-ring (bicyclic) bond motifs is 1. The first-order valence-corrected chi connectivity index (χ1v) is 10.8. The van der Waals surface area contributed by atoms with E-state index in [1.54, 1.807) is 24.6 Å². The third-order valence-electron chi connectivity index (χ3n) is 4.84. The molecule has 0 fully saturated rings. The van der Waals surface area contributed by atoms with Crippen molar-refractivity contribution >= 4 is 21.4 Å². The van der Waals surface area contributed by atoms with Gasteiger partial charge in [0.25, 0.3) is 10.0 Å². The van der Waals surface area contributed by atoms with Gasteiger partial charge in [-0.3, -0.25) is 0 Å². The lowest BCUT2D eigenvalue weighted by molar-refractivity contribution is 0.295. The zero-order valence-electron chi connectivity index (χ0n) is 15.8. The highest BCUT2D eigenvalue weighted by Gasteiger charge is 2.39. The van der Waals surface area contributed by atoms with Gasteiger partial charge in [-0.05, 0) is 41.8 Å². The number of sulfonamides is 1. The summed E-state index contributed by atoms with van der Waals surface area (Å²) < 4.78 is 39.2. The van der Waals surface area contributed by atoms with Crippen LogP contribution in [0.2, 0.25) is 0 Å². The minimum Gasteiger partial charge on any atom is -0.493 e. The fraction of sp³-hybridized carbons (Fsp3) is 0.474. The predicted molar refractivity (Wildman–Crippen MR) is 104 cm³/mol. The molecule has 0 atom stereocenters. The number of hydrogen-bond acceptors (Lipinski definition) is 5. The minimum absolute atomic E-state index is 0.328. The number of aryl methyl sites for hydroxylation is 1. The van der Waals surface area contributed by atoms with Gasteiger partial charge in [0.2, 0.25) is 0 Å². The summed E-state index contributed by atoms with van der Waals surface area (Å²) in [5, 5.41) is 0. The maximum Gasteiger partial charge on any atom is 0.252 e. The van der Waals surface area contributed by atoms with E-state index in [1.165, 1.54) is 11.3 Å². The average molecular weight is 396 g/mol. The molecule has 142 valence electrons. The van der Waals surface area contributed by atoms with Crippen LogP contribution in [-0.4, -0.2) is 33.5 Å². The molecule has 0 N–H and O–H groups in total. The molecule has 1 aromatic heterocycles. The quantitative estimate of drug-likeness (QED) is 0.772. The smallest absolute Gasteiger partial charge is 0.252 e. The molecule has 0 saturated carbocycles. The average Bonchev–Trinajstić information content (AvgIpc) is 3.10. The van der Waals surface area contributed by atoms with Crippen molar-refractivity contribution in [3.8, 4) is 11.5 Å². The molecule has 1 aliphatic rings. The molecule has 0 bridgehead atoms. The van der Waals surface area contributed by atoms with E-state index in [4.69, 9.17) is 9.47 Å². The zero-order chi connectivity index (χ0) is 19.1. The van der Waals surface area contributed by atoms with Crippen LogP contribution in [0.1, 0.15) is 36.8 Å². The van der Waals surface area contributed by atoms with Crippen LogP contribution in [0.15, 0.2) is 28.5 Å². The number of rotatable bonds is 5. The van der Waals surface area contributed by atoms with Crippen LogP contribution in [-0.2, 0) is 28.4 Å². The summed E-state index contributed by atoms with van der Waals surface area (Å²) in [5.41, 5.74) is 1.72. The molecule has 3 rings (SSSR count). The molecule has 0 unspecified atom stereocenters. The second-order valence-electron chi connectivity index (χ2n) is 7.10. The molecule has 0 amide bonds. The largest absolute Gasteiger partial charge is 0.493 e. The molecule has 0 saturated heterocycles. The van der Waals surface area contributed by atoms with Crippen molar-refractivity contribution in [2.45, 2.75) is 43.4 Å². The minimum atomic E-state index is -3.52. The first kappa shape index (κ1) is 19.2. The monoisotopic (exact) mass is 395 g/mol. The number of hydrogen-bond donors (Lipinski definition) is 0. The normalized spacial score (nSPS) is 17.0. The van der Waals surface area contributed by atoms with Crippen LogP contribution in [0.4, 0.5) is 0 Å². The standard InChI is InChI=1S/C19H25NO4S2/c1-6-14-7-8-18(25-14)26(21,22)20-11-13-9-16(23-4)17(24-5)10-15(13)19(2,3)12-20/h7-10H,6,11-12H2,1-5H3. The molecule has 5 nitrogen and oxygen atoms in total. The Labute approximate surface area is 159 Å². The summed E-state index contributed by atoms with van der Waals surface area (Å²) in [6.45, 7) is 6.91. The fourth-order valence-corrected chi connectivity index (χ4v) is 6.47. The number of methoxy groups -OCH3 is 2. The summed E-state index contributed by atoms with van der Waals surface area (Å²) in [6, 6.07) is 7.48. The van der Waals surface area contributed by atoms with Crippen molar-refractivity contribution in [3.63, 3.8) is 0 Å². The summed E-state index contributed by atoms with van der Waals surface area (Å²) >= 11 is 1.35. The van der Waals surface area contributed by atoms with Gasteiger partial charge in [-0.2, -0.15) is 4.31 Å². The van der Waals surface area contributed by atoms with Gasteiger partial charge in [-0.1, -0.05) is 20.8 Å². The molecule has 26 heavy (non-hydrogen) atoms. The third-order valence-corrected chi connectivity index (χ3v) is 8.33. The number of nitrogens with zero attached hydrogens (tertiary/aromatic N) is 1. The molecule has 2 aromatic rings. The van der Waals surface area contributed by atoms with Crippen LogP contribution in [0, 0.1) is 0 Å². The lowest BCUT2D eigenvalue weighted by Gasteiger charge is -2.39. The highest BCUT2D eigenvalue weighted by molar-refractivity contribution is 7.91. The second kappa shape index (κ2) is 6.87. The summed E-state index contributed by atoms with van der Waals surface area (Å²) in [4.78, 5) is 1.08. The molecular weight excluding hydrogens is 370 g/mol. The van der Waals surface area contributed by atoms with Crippen LogP contribution in [0.3, 0.4) is 0 Å². The molecular formula is C19H25NO4S2. The maximum absolute atomic E-state index is 13.2. The first-order valence-electron chi connectivity index (χ1n) is 8.57. The molecule has 7 heteroatoms. The topological polar surface area (TPSA) is 55.8 Å². The van der Waals surface area contributed by atoms with E-state index in [9.17, 15) is 8.42 Å². The molecule has 2 heterocycles. The second-order valence-corrected chi connectivity index (χ2v) is 10.4. The summed E-state index contributed by atoms with van der Waals surface area (Å²) in [7, 11) is -0.323. The Morgan fingerprint density at radius 3 is 2.38 bits per heavy atom. The Morgan fingerprint density at radius 1 is 1.15 bits per heavy atom. The van der Waals surface area contributed by atoms with Crippen LogP contribution in [0.25, 0.3) is 0 Å². The van der Waals surface area contributed by atoms with Crippen LogP contribution in [0.5, 0.6) is 11.5 Å². The van der Waals surface area contributed by atoms with Gasteiger partial charge in [0, 0.05) is 23.4 Å². The third kappa shape index (κ3) is 3.23. The first-order chi connectivity index (χ1) is 12.2. The Kier molecular flexibility index (Phi) is 5.07. The SMILES string of the molecule is CCc1ccc(S(=O)(=O)N2Cc3cc(OC)c(OC)cc3C(C)(C)C2)s1. The Bertz CT molecular complexity index is 916. The fourth-order valence-electron chi connectivity index (χ4n) is 3.44. The Morgan fingerprint density at radius 2 is 1.81 bits per heavy atom. The van der Waals surface area contributed by atoms with E-state index >= 15 is 0 Å². The molecule has 0 aliphatic carbocycles. The van der Waals surface area contributed by atoms with E-state index in [-0.39, 0.29) is 5.41 Å². The van der Waals surface area contributed by atoms with Crippen molar-refractivity contribution < 1.29 is 17.9 Å². The van der Waals surface area contributed by atoms with E-state index in [1.807, 2.05) is 25.1 Å². The highest BCUT2D eigenvalue weighted by Crippen LogP contribution is 2.42. The zero-order valence-corrected chi connectivity index (χ0v) is 17.5. The molecule has 1 aromatic carbocycles. The van der Waals surface area contributed by atoms with E-state index in [0.717, 1.165) is 22.4 Å². The highest BCUT2D eigenvalue weighted by atomic mass is 32.2. The summed E-state index contributed by atoms with van der Waals surface area (Å²) in [6.07, 6.45) is 0.839. The van der Waals surface area contributed by atoms with Gasteiger partial charge < -0.3 is 9.47 Å². The van der Waals surface area contributed by atoms with Gasteiger partial charge in [0.15, 0.2) is 11.5 Å². The van der Waals surface area contributed by atoms with Crippen molar-refractivity contribution in [1.82, 2.24) is 4.31 Å². The van der Waals surface area contributed by atoms with E-state index in [0.29, 0.717) is 28.8 Å². The molecule has 0 spiro atoms. The molecule has 0 radical (unpaired) electrons. The van der Waals surface area contributed by atoms with E-state index in [2.05, 4.69) is 13.8 Å². The predicted octanol–water partition coefficient (Wildman–Crippen LogP) is 3.81. The Balaban J connectivity index is 2.04. The van der Waals surface area contributed by atoms with Gasteiger partial charge in [-0.25, -0.2) is 8.42 Å². The van der Waals surface area contributed by atoms with Crippen molar-refractivity contribution in [3.05, 3.63) is 40.3 Å².